The van der Waals surface area contributed by atoms with E-state index < -0.39 is 0 Å². The highest BCUT2D eigenvalue weighted by Crippen LogP contribution is 2.27. The lowest BCUT2D eigenvalue weighted by molar-refractivity contribution is 0.184. The van der Waals surface area contributed by atoms with Crippen LogP contribution in [0.2, 0.25) is 0 Å². The summed E-state index contributed by atoms with van der Waals surface area (Å²) in [5, 5.41) is 0. The van der Waals surface area contributed by atoms with Gasteiger partial charge in [0.05, 0.1) is 6.61 Å². The summed E-state index contributed by atoms with van der Waals surface area (Å²) < 4.78 is 11.4. The molecular weight excluding hydrogens is 202 g/mol. The predicted molar refractivity (Wildman–Crippen MR) is 66.0 cm³/mol. The minimum absolute atomic E-state index is 0.000712. The van der Waals surface area contributed by atoms with Crippen molar-refractivity contribution < 1.29 is 9.47 Å². The minimum Gasteiger partial charge on any atom is -0.490 e. The molecule has 16 heavy (non-hydrogen) atoms. The molecule has 2 N–H and O–H groups in total. The summed E-state index contributed by atoms with van der Waals surface area (Å²) >= 11 is 0. The zero-order valence-corrected chi connectivity index (χ0v) is 10.3. The third-order valence-corrected chi connectivity index (χ3v) is 2.36. The average Bonchev–Trinajstić information content (AvgIpc) is 2.27. The van der Waals surface area contributed by atoms with Gasteiger partial charge in [0.1, 0.15) is 6.10 Å². The van der Waals surface area contributed by atoms with E-state index in [0.717, 1.165) is 17.9 Å². The lowest BCUT2D eigenvalue weighted by atomic mass is 10.2. The monoisotopic (exact) mass is 223 g/mol. The van der Waals surface area contributed by atoms with Crippen LogP contribution in [-0.4, -0.2) is 18.8 Å². The molecule has 3 heteroatoms. The molecule has 1 aromatic carbocycles. The maximum absolute atomic E-state index is 5.77. The van der Waals surface area contributed by atoms with E-state index in [1.54, 1.807) is 0 Å². The van der Waals surface area contributed by atoms with Gasteiger partial charge in [-0.15, -0.1) is 0 Å². The zero-order chi connectivity index (χ0) is 12.0. The average molecular weight is 223 g/mol. The van der Waals surface area contributed by atoms with Crippen LogP contribution in [0.25, 0.3) is 0 Å². The minimum atomic E-state index is -0.0219. The quantitative estimate of drug-likeness (QED) is 0.806. The maximum atomic E-state index is 5.77. The van der Waals surface area contributed by atoms with Crippen molar-refractivity contribution in [2.24, 2.45) is 5.73 Å². The summed E-state index contributed by atoms with van der Waals surface area (Å²) in [6, 6.07) is 7.69. The molecule has 0 aliphatic rings. The Labute approximate surface area is 97.6 Å². The third-order valence-electron chi connectivity index (χ3n) is 2.36. The Morgan fingerprint density at radius 1 is 1.19 bits per heavy atom. The summed E-state index contributed by atoms with van der Waals surface area (Å²) in [5.41, 5.74) is 5.77. The number of benzene rings is 1. The summed E-state index contributed by atoms with van der Waals surface area (Å²) in [6.45, 7) is 6.67. The molecule has 3 nitrogen and oxygen atoms in total. The summed E-state index contributed by atoms with van der Waals surface area (Å²) in [7, 11) is 0. The fourth-order valence-corrected chi connectivity index (χ4v) is 1.19. The maximum Gasteiger partial charge on any atom is 0.161 e. The van der Waals surface area contributed by atoms with E-state index in [2.05, 4.69) is 6.92 Å². The first-order valence-corrected chi connectivity index (χ1v) is 5.79. The molecule has 2 atom stereocenters. The Kier molecular flexibility index (Phi) is 5.12. The molecule has 0 radical (unpaired) electrons. The molecule has 0 saturated carbocycles. The highest BCUT2D eigenvalue weighted by atomic mass is 16.5. The number of nitrogens with two attached hydrogens (primary N) is 1. The molecule has 0 aliphatic heterocycles. The molecule has 0 saturated heterocycles. The topological polar surface area (TPSA) is 44.5 Å². The second-order valence-electron chi connectivity index (χ2n) is 3.98. The molecule has 0 heterocycles. The van der Waals surface area contributed by atoms with Gasteiger partial charge in [0.2, 0.25) is 0 Å². The molecule has 0 bridgehead atoms. The fraction of sp³-hybridized carbons (Fsp3) is 0.538. The molecule has 1 rings (SSSR count). The molecule has 0 spiro atoms. The first-order valence-electron chi connectivity index (χ1n) is 5.79. The third kappa shape index (κ3) is 3.74. The Bertz CT molecular complexity index is 313. The number of para-hydroxylation sites is 2. The number of rotatable bonds is 6. The first kappa shape index (κ1) is 12.8. The van der Waals surface area contributed by atoms with Crippen LogP contribution >= 0.6 is 0 Å². The van der Waals surface area contributed by atoms with Crippen molar-refractivity contribution in [3.63, 3.8) is 0 Å². The van der Waals surface area contributed by atoms with E-state index in [4.69, 9.17) is 15.2 Å². The van der Waals surface area contributed by atoms with Crippen LogP contribution in [0.1, 0.15) is 27.2 Å². The highest BCUT2D eigenvalue weighted by molar-refractivity contribution is 5.39. The van der Waals surface area contributed by atoms with Crippen LogP contribution in [0, 0.1) is 0 Å². The first-order chi connectivity index (χ1) is 7.65. The molecule has 0 aromatic heterocycles. The molecule has 90 valence electrons. The van der Waals surface area contributed by atoms with Crippen molar-refractivity contribution in [2.75, 3.05) is 6.61 Å². The van der Waals surface area contributed by atoms with E-state index in [1.807, 2.05) is 38.1 Å². The van der Waals surface area contributed by atoms with E-state index in [1.165, 1.54) is 0 Å². The van der Waals surface area contributed by atoms with Gasteiger partial charge in [-0.2, -0.15) is 0 Å². The Hall–Kier alpha value is -1.22. The van der Waals surface area contributed by atoms with Crippen molar-refractivity contribution in [1.29, 1.82) is 0 Å². The van der Waals surface area contributed by atoms with Crippen molar-refractivity contribution in [3.8, 4) is 11.5 Å². The van der Waals surface area contributed by atoms with Crippen LogP contribution in [0.4, 0.5) is 0 Å². The normalized spacial score (nSPS) is 14.2. The van der Waals surface area contributed by atoms with Gasteiger partial charge >= 0.3 is 0 Å². The van der Waals surface area contributed by atoms with Gasteiger partial charge in [-0.05, 0) is 32.4 Å². The van der Waals surface area contributed by atoms with Crippen LogP contribution < -0.4 is 15.2 Å². The number of ether oxygens (including phenoxy) is 2. The molecule has 0 fully saturated rings. The van der Waals surface area contributed by atoms with E-state index in [-0.39, 0.29) is 12.1 Å². The predicted octanol–water partition coefficient (Wildman–Crippen LogP) is 2.59. The van der Waals surface area contributed by atoms with Crippen molar-refractivity contribution in [3.05, 3.63) is 24.3 Å². The summed E-state index contributed by atoms with van der Waals surface area (Å²) in [6.07, 6.45) is 0.961. The van der Waals surface area contributed by atoms with Gasteiger partial charge in [0.25, 0.3) is 0 Å². The number of hydrogen-bond donors (Lipinski definition) is 1. The van der Waals surface area contributed by atoms with E-state index in [0.29, 0.717) is 6.61 Å². The van der Waals surface area contributed by atoms with E-state index in [9.17, 15) is 0 Å². The summed E-state index contributed by atoms with van der Waals surface area (Å²) in [4.78, 5) is 0. The van der Waals surface area contributed by atoms with Crippen molar-refractivity contribution in [1.82, 2.24) is 0 Å². The van der Waals surface area contributed by atoms with Crippen molar-refractivity contribution in [2.45, 2.75) is 39.3 Å². The second kappa shape index (κ2) is 6.38. The summed E-state index contributed by atoms with van der Waals surface area (Å²) in [5.74, 6) is 1.55. The number of hydrogen-bond acceptors (Lipinski definition) is 3. The SMILES string of the molecule is CCCOc1ccccc1OC(C)[C@H](C)N. The van der Waals surface area contributed by atoms with Crippen LogP contribution in [0.3, 0.4) is 0 Å². The Morgan fingerprint density at radius 3 is 2.38 bits per heavy atom. The Morgan fingerprint density at radius 2 is 1.81 bits per heavy atom. The molecular formula is C13H21NO2. The van der Waals surface area contributed by atoms with Crippen LogP contribution in [0.5, 0.6) is 11.5 Å². The van der Waals surface area contributed by atoms with Crippen LogP contribution in [-0.2, 0) is 0 Å². The lowest BCUT2D eigenvalue weighted by Gasteiger charge is -2.20. The largest absolute Gasteiger partial charge is 0.490 e. The molecule has 1 aromatic rings. The molecule has 1 unspecified atom stereocenters. The van der Waals surface area contributed by atoms with Gasteiger partial charge in [0, 0.05) is 6.04 Å². The van der Waals surface area contributed by atoms with Gasteiger partial charge in [-0.3, -0.25) is 0 Å². The Balaban J connectivity index is 2.70. The smallest absolute Gasteiger partial charge is 0.161 e. The lowest BCUT2D eigenvalue weighted by Crippen LogP contribution is -2.33. The highest BCUT2D eigenvalue weighted by Gasteiger charge is 2.12. The zero-order valence-electron chi connectivity index (χ0n) is 10.3. The van der Waals surface area contributed by atoms with Gasteiger partial charge in [-0.1, -0.05) is 19.1 Å². The van der Waals surface area contributed by atoms with Crippen molar-refractivity contribution >= 4 is 0 Å². The van der Waals surface area contributed by atoms with E-state index >= 15 is 0 Å². The second-order valence-corrected chi connectivity index (χ2v) is 3.98. The standard InChI is InChI=1S/C13H21NO2/c1-4-9-15-12-7-5-6-8-13(12)16-11(3)10(2)14/h5-8,10-11H,4,9,14H2,1-3H3/t10-,11?/m0/s1. The van der Waals surface area contributed by atoms with Gasteiger partial charge in [0.15, 0.2) is 11.5 Å². The van der Waals surface area contributed by atoms with Gasteiger partial charge in [-0.25, -0.2) is 0 Å². The fourth-order valence-electron chi connectivity index (χ4n) is 1.19. The van der Waals surface area contributed by atoms with Gasteiger partial charge < -0.3 is 15.2 Å². The molecule has 0 aliphatic carbocycles. The van der Waals surface area contributed by atoms with Crippen LogP contribution in [0.15, 0.2) is 24.3 Å². The molecule has 0 amide bonds.